The molecule has 0 saturated heterocycles. The van der Waals surface area contributed by atoms with Gasteiger partial charge in [0.05, 0.1) is 12.2 Å². The summed E-state index contributed by atoms with van der Waals surface area (Å²) >= 11 is 0. The summed E-state index contributed by atoms with van der Waals surface area (Å²) in [7, 11) is 0. The fourth-order valence-electron chi connectivity index (χ4n) is 4.67. The summed E-state index contributed by atoms with van der Waals surface area (Å²) in [4.78, 5) is 28.4. The minimum Gasteiger partial charge on any atom is -0.464 e. The van der Waals surface area contributed by atoms with Crippen LogP contribution in [-0.2, 0) is 16.6 Å². The maximum Gasteiger partial charge on any atom is 0.316 e. The number of aryl methyl sites for hydroxylation is 1. The van der Waals surface area contributed by atoms with E-state index in [4.69, 9.17) is 9.26 Å². The van der Waals surface area contributed by atoms with Crippen LogP contribution >= 0.6 is 0 Å². The van der Waals surface area contributed by atoms with Crippen molar-refractivity contribution in [3.63, 3.8) is 0 Å². The van der Waals surface area contributed by atoms with Crippen LogP contribution in [-0.4, -0.2) is 49.9 Å². The second-order valence-electron chi connectivity index (χ2n) is 11.4. The molecule has 38 heavy (non-hydrogen) atoms. The number of amides is 1. The van der Waals surface area contributed by atoms with E-state index in [-0.39, 0.29) is 17.2 Å². The van der Waals surface area contributed by atoms with E-state index < -0.39 is 5.60 Å². The number of carbonyl (C=O) groups excluding carboxylic acids is 1. The van der Waals surface area contributed by atoms with Gasteiger partial charge in [-0.1, -0.05) is 44.5 Å². The first-order valence-corrected chi connectivity index (χ1v) is 13.5. The van der Waals surface area contributed by atoms with E-state index >= 15 is 0 Å². The predicted molar refractivity (Wildman–Crippen MR) is 145 cm³/mol. The molecule has 0 aliphatic heterocycles. The van der Waals surface area contributed by atoms with Crippen LogP contribution in [0.2, 0.25) is 0 Å². The standard InChI is InChI=1S/C29H39N5O4/c1-6-37-27-30-18-22(19-31-27)20-11-10-12-23(15-20)34(25(35)21-16-29(5,36)17-21)14-9-7-8-13-24-32-26(33-38-24)28(2,3)4/h10-12,15,18-19,21,36H,6-9,13-14,16-17H2,1-5H3/t21-,29+. The first-order valence-electron chi connectivity index (χ1n) is 13.5. The zero-order chi connectivity index (χ0) is 27.3. The van der Waals surface area contributed by atoms with Crippen molar-refractivity contribution in [1.82, 2.24) is 20.1 Å². The Morgan fingerprint density at radius 3 is 2.53 bits per heavy atom. The SMILES string of the molecule is CCOc1ncc(-c2cccc(N(CCCCCc3nc(C(C)(C)C)no3)C(=O)[C@H]3C[C@@](C)(O)C3)c2)cn1. The summed E-state index contributed by atoms with van der Waals surface area (Å²) in [6.07, 6.45) is 7.82. The molecule has 1 saturated carbocycles. The van der Waals surface area contributed by atoms with E-state index in [1.807, 2.05) is 36.1 Å². The first kappa shape index (κ1) is 27.7. The van der Waals surface area contributed by atoms with Gasteiger partial charge in [0.2, 0.25) is 11.8 Å². The Bertz CT molecular complexity index is 1210. The van der Waals surface area contributed by atoms with Gasteiger partial charge >= 0.3 is 6.01 Å². The Balaban J connectivity index is 1.42. The second kappa shape index (κ2) is 11.6. The molecule has 1 aliphatic rings. The molecular formula is C29H39N5O4. The number of hydrogen-bond acceptors (Lipinski definition) is 8. The minimum atomic E-state index is -0.760. The van der Waals surface area contributed by atoms with Crippen molar-refractivity contribution in [1.29, 1.82) is 0 Å². The number of aromatic nitrogens is 4. The number of rotatable bonds is 11. The maximum atomic E-state index is 13.5. The topological polar surface area (TPSA) is 114 Å². The number of nitrogens with zero attached hydrogens (tertiary/aromatic N) is 5. The molecule has 9 nitrogen and oxygen atoms in total. The zero-order valence-corrected chi connectivity index (χ0v) is 23.1. The smallest absolute Gasteiger partial charge is 0.316 e. The summed E-state index contributed by atoms with van der Waals surface area (Å²) in [5.41, 5.74) is 1.71. The fraction of sp³-hybridized carbons (Fsp3) is 0.552. The van der Waals surface area contributed by atoms with Crippen LogP contribution in [0, 0.1) is 5.92 Å². The van der Waals surface area contributed by atoms with Crippen molar-refractivity contribution in [3.05, 3.63) is 48.4 Å². The molecule has 1 N–H and O–H groups in total. The number of carbonyl (C=O) groups is 1. The minimum absolute atomic E-state index is 0.0586. The predicted octanol–water partition coefficient (Wildman–Crippen LogP) is 5.13. The summed E-state index contributed by atoms with van der Waals surface area (Å²) in [5.74, 6) is 1.27. The zero-order valence-electron chi connectivity index (χ0n) is 23.1. The molecule has 0 radical (unpaired) electrons. The average Bonchev–Trinajstić information content (AvgIpc) is 3.35. The van der Waals surface area contributed by atoms with Crippen LogP contribution in [0.4, 0.5) is 5.69 Å². The molecule has 4 rings (SSSR count). The van der Waals surface area contributed by atoms with Gasteiger partial charge in [-0.25, -0.2) is 9.97 Å². The lowest BCUT2D eigenvalue weighted by molar-refractivity contribution is -0.136. The molecule has 0 spiro atoms. The highest BCUT2D eigenvalue weighted by Crippen LogP contribution is 2.39. The molecule has 1 aliphatic carbocycles. The third-order valence-corrected chi connectivity index (χ3v) is 6.79. The monoisotopic (exact) mass is 521 g/mol. The van der Waals surface area contributed by atoms with E-state index in [9.17, 15) is 9.90 Å². The molecule has 9 heteroatoms. The van der Waals surface area contributed by atoms with Crippen molar-refractivity contribution in [2.45, 2.75) is 84.2 Å². The quantitative estimate of drug-likeness (QED) is 0.345. The van der Waals surface area contributed by atoms with E-state index in [0.29, 0.717) is 37.9 Å². The summed E-state index contributed by atoms with van der Waals surface area (Å²) in [5, 5.41) is 14.3. The van der Waals surface area contributed by atoms with Crippen molar-refractivity contribution in [3.8, 4) is 17.1 Å². The third kappa shape index (κ3) is 6.95. The number of unbranched alkanes of at least 4 members (excludes halogenated alkanes) is 2. The lowest BCUT2D eigenvalue weighted by Crippen LogP contribution is -2.50. The van der Waals surface area contributed by atoms with Crippen LogP contribution in [0.3, 0.4) is 0 Å². The number of hydrogen-bond donors (Lipinski definition) is 1. The Labute approximate surface area is 224 Å². The molecule has 1 amide bonds. The number of aliphatic hydroxyl groups is 1. The van der Waals surface area contributed by atoms with Crippen molar-refractivity contribution in [2.24, 2.45) is 5.92 Å². The van der Waals surface area contributed by atoms with Crippen LogP contribution in [0.15, 0.2) is 41.2 Å². The lowest BCUT2D eigenvalue weighted by Gasteiger charge is -2.42. The normalized spacial score (nSPS) is 19.2. The highest BCUT2D eigenvalue weighted by molar-refractivity contribution is 5.96. The third-order valence-electron chi connectivity index (χ3n) is 6.79. The van der Waals surface area contributed by atoms with Crippen LogP contribution < -0.4 is 9.64 Å². The molecule has 204 valence electrons. The number of anilines is 1. The first-order chi connectivity index (χ1) is 18.1. The maximum absolute atomic E-state index is 13.5. The van der Waals surface area contributed by atoms with Crippen molar-refractivity contribution in [2.75, 3.05) is 18.1 Å². The average molecular weight is 522 g/mol. The van der Waals surface area contributed by atoms with E-state index in [1.165, 1.54) is 0 Å². The lowest BCUT2D eigenvalue weighted by atomic mass is 9.71. The molecule has 2 heterocycles. The van der Waals surface area contributed by atoms with Gasteiger partial charge in [-0.2, -0.15) is 4.98 Å². The van der Waals surface area contributed by atoms with Gasteiger partial charge < -0.3 is 19.3 Å². The molecule has 2 aromatic heterocycles. The Morgan fingerprint density at radius 2 is 1.89 bits per heavy atom. The van der Waals surface area contributed by atoms with Crippen LogP contribution in [0.25, 0.3) is 11.1 Å². The van der Waals surface area contributed by atoms with Gasteiger partial charge in [0.15, 0.2) is 5.82 Å². The van der Waals surface area contributed by atoms with Gasteiger partial charge in [0.25, 0.3) is 0 Å². The van der Waals surface area contributed by atoms with Crippen molar-refractivity contribution >= 4 is 11.6 Å². The van der Waals surface area contributed by atoms with E-state index in [0.717, 1.165) is 48.3 Å². The molecule has 0 atom stereocenters. The molecular weight excluding hydrogens is 482 g/mol. The van der Waals surface area contributed by atoms with Crippen LogP contribution in [0.5, 0.6) is 6.01 Å². The highest BCUT2D eigenvalue weighted by Gasteiger charge is 2.44. The van der Waals surface area contributed by atoms with E-state index in [1.54, 1.807) is 19.3 Å². The van der Waals surface area contributed by atoms with Crippen molar-refractivity contribution < 1.29 is 19.2 Å². The Kier molecular flexibility index (Phi) is 8.45. The number of ether oxygens (including phenoxy) is 1. The molecule has 1 fully saturated rings. The second-order valence-corrected chi connectivity index (χ2v) is 11.4. The number of benzene rings is 1. The molecule has 1 aromatic carbocycles. The van der Waals surface area contributed by atoms with Crippen LogP contribution in [0.1, 0.15) is 78.4 Å². The summed E-state index contributed by atoms with van der Waals surface area (Å²) < 4.78 is 10.8. The molecule has 3 aromatic rings. The van der Waals surface area contributed by atoms with Gasteiger partial charge in [-0.15, -0.1) is 0 Å². The largest absolute Gasteiger partial charge is 0.464 e. The molecule has 0 bridgehead atoms. The summed E-state index contributed by atoms with van der Waals surface area (Å²) in [6, 6.07) is 8.23. The van der Waals surface area contributed by atoms with Gasteiger partial charge in [0.1, 0.15) is 0 Å². The Morgan fingerprint density at radius 1 is 1.16 bits per heavy atom. The summed E-state index contributed by atoms with van der Waals surface area (Å²) in [6.45, 7) is 11.0. The fourth-order valence-corrected chi connectivity index (χ4v) is 4.67. The van der Waals surface area contributed by atoms with Gasteiger partial charge in [0, 0.05) is 47.9 Å². The highest BCUT2D eigenvalue weighted by atomic mass is 16.5. The van der Waals surface area contributed by atoms with E-state index in [2.05, 4.69) is 40.9 Å². The van der Waals surface area contributed by atoms with Gasteiger partial charge in [-0.3, -0.25) is 4.79 Å². The molecule has 0 unspecified atom stereocenters. The Hall–Kier alpha value is -3.33. The van der Waals surface area contributed by atoms with Gasteiger partial charge in [-0.05, 0) is 57.2 Å².